The number of aromatic nitrogens is 2. The van der Waals surface area contributed by atoms with Crippen molar-refractivity contribution >= 4 is 33.7 Å². The molecule has 0 atom stereocenters. The number of halogens is 5. The molecule has 12 heteroatoms. The molecule has 0 aliphatic carbocycles. The summed E-state index contributed by atoms with van der Waals surface area (Å²) in [4.78, 5) is 36.3. The Morgan fingerprint density at radius 1 is 1.25 bits per heavy atom. The van der Waals surface area contributed by atoms with Crippen molar-refractivity contribution in [1.29, 1.82) is 0 Å². The van der Waals surface area contributed by atoms with Gasteiger partial charge in [-0.25, -0.2) is 13.8 Å². The van der Waals surface area contributed by atoms with Crippen LogP contribution in [0, 0.1) is 5.82 Å². The van der Waals surface area contributed by atoms with Gasteiger partial charge < -0.3 is 4.74 Å². The number of hydrogen-bond acceptors (Lipinski definition) is 5. The summed E-state index contributed by atoms with van der Waals surface area (Å²) < 4.78 is 58.8. The summed E-state index contributed by atoms with van der Waals surface area (Å²) in [6.07, 6.45) is -4.93. The van der Waals surface area contributed by atoms with E-state index in [0.717, 1.165) is 30.9 Å². The maximum atomic E-state index is 14.4. The highest BCUT2D eigenvalue weighted by atomic mass is 79.9. The van der Waals surface area contributed by atoms with Gasteiger partial charge in [0.2, 0.25) is 0 Å². The third-order valence-electron chi connectivity index (χ3n) is 3.50. The second kappa shape index (κ2) is 8.52. The first-order valence-corrected chi connectivity index (χ1v) is 9.43. The fraction of sp³-hybridized carbons (Fsp3) is 0.312. The Kier molecular flexibility index (Phi) is 6.75. The zero-order chi connectivity index (χ0) is 21.2. The van der Waals surface area contributed by atoms with Crippen molar-refractivity contribution in [2.45, 2.75) is 18.0 Å². The number of thioether (sulfide) groups is 1. The Bertz CT molecular complexity index is 1030. The number of carbonyl (C=O) groups excluding carboxylic acids is 1. The van der Waals surface area contributed by atoms with E-state index < -0.39 is 40.6 Å². The molecular weight excluding hydrogens is 472 g/mol. The highest BCUT2D eigenvalue weighted by Crippen LogP contribution is 2.31. The Morgan fingerprint density at radius 3 is 2.46 bits per heavy atom. The summed E-state index contributed by atoms with van der Waals surface area (Å²) >= 11 is 4.04. The van der Waals surface area contributed by atoms with Crippen LogP contribution in [0.5, 0.6) is 0 Å². The minimum atomic E-state index is -4.93. The van der Waals surface area contributed by atoms with Crippen LogP contribution in [0.4, 0.5) is 17.6 Å². The molecule has 6 nitrogen and oxygen atoms in total. The highest BCUT2D eigenvalue weighted by Gasteiger charge is 2.35. The predicted molar refractivity (Wildman–Crippen MR) is 97.3 cm³/mol. The highest BCUT2D eigenvalue weighted by molar-refractivity contribution is 9.10. The van der Waals surface area contributed by atoms with Crippen LogP contribution in [0.25, 0.3) is 5.69 Å². The lowest BCUT2D eigenvalue weighted by Crippen LogP contribution is -2.41. The number of ether oxygens (including phenoxy) is 1. The third kappa shape index (κ3) is 4.66. The van der Waals surface area contributed by atoms with Crippen molar-refractivity contribution in [2.24, 2.45) is 7.05 Å². The molecule has 2 rings (SSSR count). The molecule has 0 saturated carbocycles. The molecule has 1 aromatic heterocycles. The van der Waals surface area contributed by atoms with Crippen molar-refractivity contribution < 1.29 is 27.1 Å². The topological polar surface area (TPSA) is 70.3 Å². The number of carbonyl (C=O) groups is 1. The van der Waals surface area contributed by atoms with Crippen LogP contribution in [0.1, 0.15) is 12.6 Å². The normalized spacial score (nSPS) is 11.5. The molecule has 1 aromatic carbocycles. The van der Waals surface area contributed by atoms with E-state index in [1.807, 2.05) is 0 Å². The lowest BCUT2D eigenvalue weighted by atomic mass is 10.3. The molecule has 0 saturated heterocycles. The number of alkyl halides is 3. The smallest absolute Gasteiger partial charge is 0.431 e. The standard InChI is InChI=1S/C16H13BrF4N2O4S/c1-3-27-14(25)7-28-11-5-10(9(18)4-8(11)17)23-13(24)6-12(16(19,20)21)22(2)15(23)26/h4-6H,3,7H2,1-2H3. The lowest BCUT2D eigenvalue weighted by molar-refractivity contribution is -0.144. The van der Waals surface area contributed by atoms with Crippen LogP contribution in [-0.2, 0) is 22.8 Å². The molecule has 0 aliphatic rings. The summed E-state index contributed by atoms with van der Waals surface area (Å²) in [5, 5.41) is 0. The largest absolute Gasteiger partial charge is 0.465 e. The van der Waals surface area contributed by atoms with E-state index in [-0.39, 0.29) is 27.5 Å². The number of benzene rings is 1. The van der Waals surface area contributed by atoms with E-state index in [9.17, 15) is 31.9 Å². The van der Waals surface area contributed by atoms with E-state index in [1.165, 1.54) is 0 Å². The van der Waals surface area contributed by atoms with Crippen molar-refractivity contribution in [2.75, 3.05) is 12.4 Å². The molecule has 0 aliphatic heterocycles. The summed E-state index contributed by atoms with van der Waals surface area (Å²) in [5.74, 6) is -1.67. The van der Waals surface area contributed by atoms with Crippen LogP contribution >= 0.6 is 27.7 Å². The van der Waals surface area contributed by atoms with Crippen molar-refractivity contribution in [3.8, 4) is 5.69 Å². The second-order valence-corrected chi connectivity index (χ2v) is 7.24. The summed E-state index contributed by atoms with van der Waals surface area (Å²) in [6.45, 7) is 1.80. The first-order chi connectivity index (χ1) is 13.0. The van der Waals surface area contributed by atoms with Gasteiger partial charge in [-0.3, -0.25) is 14.2 Å². The Balaban J connectivity index is 2.58. The van der Waals surface area contributed by atoms with Gasteiger partial charge in [-0.05, 0) is 35.0 Å². The van der Waals surface area contributed by atoms with Crippen LogP contribution in [0.15, 0.2) is 37.2 Å². The number of nitrogens with zero attached hydrogens (tertiary/aromatic N) is 2. The molecule has 0 unspecified atom stereocenters. The van der Waals surface area contributed by atoms with Gasteiger partial charge >= 0.3 is 17.8 Å². The minimum absolute atomic E-state index is 0.128. The van der Waals surface area contributed by atoms with Gasteiger partial charge in [-0.1, -0.05) is 0 Å². The molecule has 0 bridgehead atoms. The van der Waals surface area contributed by atoms with Gasteiger partial charge in [0.05, 0.1) is 18.0 Å². The fourth-order valence-electron chi connectivity index (χ4n) is 2.26. The molecule has 0 spiro atoms. The molecule has 2 aromatic rings. The van der Waals surface area contributed by atoms with E-state index in [1.54, 1.807) is 6.92 Å². The molecule has 0 N–H and O–H groups in total. The van der Waals surface area contributed by atoms with Gasteiger partial charge in [0.15, 0.2) is 0 Å². The summed E-state index contributed by atoms with van der Waals surface area (Å²) in [7, 11) is 0.828. The van der Waals surface area contributed by atoms with Crippen LogP contribution in [0.2, 0.25) is 0 Å². The Hall–Kier alpha value is -2.08. The quantitative estimate of drug-likeness (QED) is 0.370. The average molecular weight is 485 g/mol. The van der Waals surface area contributed by atoms with Crippen molar-refractivity contribution in [3.05, 3.63) is 55.0 Å². The fourth-order valence-corrected chi connectivity index (χ4v) is 3.67. The molecule has 0 radical (unpaired) electrons. The zero-order valence-electron chi connectivity index (χ0n) is 14.5. The molecular formula is C16H13BrF4N2O4S. The lowest BCUT2D eigenvalue weighted by Gasteiger charge is -2.15. The Morgan fingerprint density at radius 2 is 1.89 bits per heavy atom. The first-order valence-electron chi connectivity index (χ1n) is 7.65. The third-order valence-corrected chi connectivity index (χ3v) is 5.45. The summed E-state index contributed by atoms with van der Waals surface area (Å²) in [5.41, 5.74) is -4.68. The van der Waals surface area contributed by atoms with E-state index in [2.05, 4.69) is 15.9 Å². The van der Waals surface area contributed by atoms with Gasteiger partial charge in [-0.15, -0.1) is 11.8 Å². The average Bonchev–Trinajstić information content (AvgIpc) is 2.58. The monoisotopic (exact) mass is 484 g/mol. The summed E-state index contributed by atoms with van der Waals surface area (Å²) in [6, 6.07) is 2.26. The van der Waals surface area contributed by atoms with Crippen LogP contribution < -0.4 is 11.2 Å². The molecule has 0 amide bonds. The predicted octanol–water partition coefficient (Wildman–Crippen LogP) is 3.11. The van der Waals surface area contributed by atoms with Gasteiger partial charge in [-0.2, -0.15) is 13.2 Å². The maximum Gasteiger partial charge on any atom is 0.431 e. The molecule has 1 heterocycles. The van der Waals surface area contributed by atoms with Gasteiger partial charge in [0.25, 0.3) is 5.56 Å². The van der Waals surface area contributed by atoms with E-state index in [4.69, 9.17) is 4.74 Å². The number of rotatable bonds is 5. The zero-order valence-corrected chi connectivity index (χ0v) is 16.9. The minimum Gasteiger partial charge on any atom is -0.465 e. The molecule has 28 heavy (non-hydrogen) atoms. The van der Waals surface area contributed by atoms with Crippen LogP contribution in [0.3, 0.4) is 0 Å². The SMILES string of the molecule is CCOC(=O)CSc1cc(-n2c(=O)cc(C(F)(F)F)n(C)c2=O)c(F)cc1Br. The van der Waals surface area contributed by atoms with Crippen molar-refractivity contribution in [1.82, 2.24) is 9.13 Å². The Labute approximate surface area is 168 Å². The molecule has 152 valence electrons. The van der Waals surface area contributed by atoms with Crippen molar-refractivity contribution in [3.63, 3.8) is 0 Å². The number of esters is 1. The first kappa shape index (κ1) is 22.2. The number of hydrogen-bond donors (Lipinski definition) is 0. The maximum absolute atomic E-state index is 14.4. The van der Waals surface area contributed by atoms with E-state index in [0.29, 0.717) is 9.46 Å². The van der Waals surface area contributed by atoms with E-state index >= 15 is 0 Å². The second-order valence-electron chi connectivity index (χ2n) is 5.37. The van der Waals surface area contributed by atoms with Gasteiger partial charge in [0, 0.05) is 22.5 Å². The van der Waals surface area contributed by atoms with Gasteiger partial charge in [0.1, 0.15) is 11.5 Å². The molecule has 0 fully saturated rings. The van der Waals surface area contributed by atoms with Crippen LogP contribution in [-0.4, -0.2) is 27.5 Å².